The summed E-state index contributed by atoms with van der Waals surface area (Å²) in [6.07, 6.45) is 1.82. The van der Waals surface area contributed by atoms with E-state index in [0.29, 0.717) is 22.4 Å². The zero-order valence-corrected chi connectivity index (χ0v) is 17.8. The van der Waals surface area contributed by atoms with Gasteiger partial charge in [-0.15, -0.1) is 0 Å². The molecule has 0 amide bonds. The molecule has 0 bridgehead atoms. The first-order chi connectivity index (χ1) is 15.5. The average molecular weight is 420 g/mol. The van der Waals surface area contributed by atoms with Gasteiger partial charge in [-0.2, -0.15) is 0 Å². The Labute approximate surface area is 184 Å². The third kappa shape index (κ3) is 3.15. The zero-order chi connectivity index (χ0) is 22.4. The normalized spacial score (nSPS) is 11.2. The summed E-state index contributed by atoms with van der Waals surface area (Å²) in [6, 6.07) is 17.4. The van der Waals surface area contributed by atoms with Gasteiger partial charge in [0.05, 0.1) is 29.2 Å². The summed E-state index contributed by atoms with van der Waals surface area (Å²) in [7, 11) is 1.64. The molecule has 1 aromatic heterocycles. The summed E-state index contributed by atoms with van der Waals surface area (Å²) < 4.78 is 10.8. The van der Waals surface area contributed by atoms with Crippen molar-refractivity contribution in [2.75, 3.05) is 7.11 Å². The van der Waals surface area contributed by atoms with E-state index in [1.54, 1.807) is 26.2 Å². The molecule has 1 heterocycles. The van der Waals surface area contributed by atoms with Crippen molar-refractivity contribution in [2.45, 2.75) is 6.92 Å². The molecule has 4 aromatic carbocycles. The van der Waals surface area contributed by atoms with Gasteiger partial charge in [-0.3, -0.25) is 0 Å². The summed E-state index contributed by atoms with van der Waals surface area (Å²) in [6.45, 7) is 9.13. The maximum atomic E-state index is 11.9. The van der Waals surface area contributed by atoms with E-state index in [2.05, 4.69) is 25.3 Å². The molecule has 0 aliphatic rings. The molecular formula is C27H20N2O3. The highest BCUT2D eigenvalue weighted by Crippen LogP contribution is 2.36. The quantitative estimate of drug-likeness (QED) is 0.114. The molecule has 0 aliphatic heterocycles. The van der Waals surface area contributed by atoms with E-state index in [1.807, 2.05) is 36.4 Å². The SMILES string of the molecule is C=Cc1ccc2c3ccc(OC)cc3c3nc4cc(OC(=O)C(=C)C)ccc4nc3c2c1. The topological polar surface area (TPSA) is 61.3 Å². The minimum Gasteiger partial charge on any atom is -0.497 e. The molecule has 0 radical (unpaired) electrons. The fourth-order valence-electron chi connectivity index (χ4n) is 3.87. The van der Waals surface area contributed by atoms with Crippen LogP contribution >= 0.6 is 0 Å². The Morgan fingerprint density at radius 1 is 0.844 bits per heavy atom. The van der Waals surface area contributed by atoms with Crippen molar-refractivity contribution in [3.63, 3.8) is 0 Å². The van der Waals surface area contributed by atoms with Crippen LogP contribution in [0, 0.1) is 0 Å². The second kappa shape index (κ2) is 7.46. The first kappa shape index (κ1) is 19.7. The van der Waals surface area contributed by atoms with Gasteiger partial charge in [-0.25, -0.2) is 14.8 Å². The van der Waals surface area contributed by atoms with Crippen LogP contribution in [0.4, 0.5) is 0 Å². The van der Waals surface area contributed by atoms with E-state index in [1.165, 1.54) is 0 Å². The number of carbonyl (C=O) groups is 1. The van der Waals surface area contributed by atoms with Gasteiger partial charge in [0.1, 0.15) is 11.5 Å². The number of hydrogen-bond acceptors (Lipinski definition) is 5. The first-order valence-corrected chi connectivity index (χ1v) is 10.1. The van der Waals surface area contributed by atoms with Crippen LogP contribution in [0.1, 0.15) is 12.5 Å². The van der Waals surface area contributed by atoms with Gasteiger partial charge in [0.25, 0.3) is 0 Å². The summed E-state index contributed by atoms with van der Waals surface area (Å²) in [5.41, 5.74) is 4.23. The van der Waals surface area contributed by atoms with Crippen LogP contribution in [-0.4, -0.2) is 23.0 Å². The van der Waals surface area contributed by atoms with Crippen LogP contribution in [-0.2, 0) is 4.79 Å². The number of ether oxygens (including phenoxy) is 2. The number of methoxy groups -OCH3 is 1. The molecule has 0 unspecified atom stereocenters. The molecule has 0 saturated carbocycles. The van der Waals surface area contributed by atoms with E-state index in [-0.39, 0.29) is 0 Å². The largest absolute Gasteiger partial charge is 0.497 e. The maximum Gasteiger partial charge on any atom is 0.338 e. The number of hydrogen-bond donors (Lipinski definition) is 0. The third-order valence-electron chi connectivity index (χ3n) is 5.50. The number of benzene rings is 4. The number of carbonyl (C=O) groups excluding carboxylic acids is 1. The van der Waals surface area contributed by atoms with Crippen LogP contribution in [0.25, 0.3) is 49.7 Å². The highest BCUT2D eigenvalue weighted by Gasteiger charge is 2.14. The van der Waals surface area contributed by atoms with Gasteiger partial charge < -0.3 is 9.47 Å². The molecule has 0 fully saturated rings. The molecule has 156 valence electrons. The number of aromatic nitrogens is 2. The summed E-state index contributed by atoms with van der Waals surface area (Å²) in [4.78, 5) is 21.8. The van der Waals surface area contributed by atoms with Gasteiger partial charge >= 0.3 is 5.97 Å². The van der Waals surface area contributed by atoms with Crippen molar-refractivity contribution in [2.24, 2.45) is 0 Å². The van der Waals surface area contributed by atoms with Gasteiger partial charge in [0, 0.05) is 22.4 Å². The van der Waals surface area contributed by atoms with Crippen LogP contribution < -0.4 is 9.47 Å². The predicted molar refractivity (Wildman–Crippen MR) is 129 cm³/mol. The molecule has 5 aromatic rings. The fourth-order valence-corrected chi connectivity index (χ4v) is 3.87. The standard InChI is InChI=1S/C27H20N2O3/c1-5-16-6-9-19-20-10-7-17(31-4)13-22(20)26-25(21(19)12-16)28-23-11-8-18(14-24(23)29-26)32-27(30)15(2)3/h5-14H,1-2H2,3-4H3. The minimum atomic E-state index is -0.476. The Hall–Kier alpha value is -4.25. The highest BCUT2D eigenvalue weighted by atomic mass is 16.5. The Kier molecular flexibility index (Phi) is 4.59. The van der Waals surface area contributed by atoms with E-state index in [0.717, 1.165) is 43.9 Å². The van der Waals surface area contributed by atoms with Gasteiger partial charge in [0.15, 0.2) is 0 Å². The Balaban J connectivity index is 1.87. The zero-order valence-electron chi connectivity index (χ0n) is 17.8. The molecule has 0 saturated heterocycles. The van der Waals surface area contributed by atoms with Crippen molar-refractivity contribution >= 4 is 55.7 Å². The van der Waals surface area contributed by atoms with E-state index in [9.17, 15) is 4.79 Å². The predicted octanol–water partition coefficient (Wildman–Crippen LogP) is 6.22. The van der Waals surface area contributed by atoms with Crippen molar-refractivity contribution in [1.29, 1.82) is 0 Å². The van der Waals surface area contributed by atoms with Gasteiger partial charge in [-0.1, -0.05) is 31.4 Å². The lowest BCUT2D eigenvalue weighted by atomic mass is 9.97. The average Bonchev–Trinajstić information content (AvgIpc) is 2.82. The van der Waals surface area contributed by atoms with E-state index < -0.39 is 5.97 Å². The second-order valence-electron chi connectivity index (χ2n) is 7.66. The third-order valence-corrected chi connectivity index (χ3v) is 5.50. The molecule has 0 aliphatic carbocycles. The Morgan fingerprint density at radius 3 is 2.19 bits per heavy atom. The van der Waals surface area contributed by atoms with Crippen LogP contribution in [0.3, 0.4) is 0 Å². The molecule has 5 nitrogen and oxygen atoms in total. The highest BCUT2D eigenvalue weighted by molar-refractivity contribution is 6.24. The van der Waals surface area contributed by atoms with Gasteiger partial charge in [0.2, 0.25) is 0 Å². The molecule has 0 spiro atoms. The number of nitrogens with zero attached hydrogens (tertiary/aromatic N) is 2. The minimum absolute atomic E-state index is 0.331. The molecule has 32 heavy (non-hydrogen) atoms. The monoisotopic (exact) mass is 420 g/mol. The lowest BCUT2D eigenvalue weighted by molar-refractivity contribution is -0.130. The summed E-state index contributed by atoms with van der Waals surface area (Å²) >= 11 is 0. The van der Waals surface area contributed by atoms with Crippen LogP contribution in [0.15, 0.2) is 73.3 Å². The fraction of sp³-hybridized carbons (Fsp3) is 0.0741. The number of esters is 1. The summed E-state index contributed by atoms with van der Waals surface area (Å²) in [5, 5.41) is 4.09. The number of rotatable bonds is 4. The smallest absolute Gasteiger partial charge is 0.338 e. The molecule has 5 rings (SSSR count). The van der Waals surface area contributed by atoms with Crippen LogP contribution in [0.5, 0.6) is 11.5 Å². The van der Waals surface area contributed by atoms with E-state index >= 15 is 0 Å². The summed E-state index contributed by atoms with van der Waals surface area (Å²) in [5.74, 6) is 0.666. The Morgan fingerprint density at radius 2 is 1.50 bits per heavy atom. The molecule has 0 atom stereocenters. The van der Waals surface area contributed by atoms with Crippen molar-refractivity contribution in [1.82, 2.24) is 9.97 Å². The number of fused-ring (bicyclic) bond motifs is 7. The molecule has 5 heteroatoms. The molecule has 0 N–H and O–H groups in total. The van der Waals surface area contributed by atoms with Crippen molar-refractivity contribution in [3.8, 4) is 11.5 Å². The van der Waals surface area contributed by atoms with Crippen molar-refractivity contribution < 1.29 is 14.3 Å². The molecular weight excluding hydrogens is 400 g/mol. The lowest BCUT2D eigenvalue weighted by Gasteiger charge is -2.12. The second-order valence-corrected chi connectivity index (χ2v) is 7.66. The lowest BCUT2D eigenvalue weighted by Crippen LogP contribution is -2.08. The maximum absolute atomic E-state index is 11.9. The van der Waals surface area contributed by atoms with Crippen molar-refractivity contribution in [3.05, 3.63) is 78.9 Å². The van der Waals surface area contributed by atoms with Crippen LogP contribution in [0.2, 0.25) is 0 Å². The van der Waals surface area contributed by atoms with Gasteiger partial charge in [-0.05, 0) is 59.7 Å². The first-order valence-electron chi connectivity index (χ1n) is 10.1. The van der Waals surface area contributed by atoms with E-state index in [4.69, 9.17) is 19.4 Å². The Bertz CT molecular complexity index is 1600.